The van der Waals surface area contributed by atoms with Crippen molar-refractivity contribution in [1.29, 1.82) is 0 Å². The second kappa shape index (κ2) is 5.83. The zero-order chi connectivity index (χ0) is 11.3. The van der Waals surface area contributed by atoms with Crippen molar-refractivity contribution in [3.05, 3.63) is 0 Å². The van der Waals surface area contributed by atoms with Gasteiger partial charge < -0.3 is 15.6 Å². The highest BCUT2D eigenvalue weighted by Crippen LogP contribution is 2.38. The molecule has 15 heavy (non-hydrogen) atoms. The van der Waals surface area contributed by atoms with Gasteiger partial charge in [0.15, 0.2) is 0 Å². The van der Waals surface area contributed by atoms with Crippen molar-refractivity contribution < 1.29 is 9.84 Å². The van der Waals surface area contributed by atoms with E-state index in [2.05, 4.69) is 13.8 Å². The Hall–Kier alpha value is -0.120. The molecule has 3 heteroatoms. The van der Waals surface area contributed by atoms with Crippen molar-refractivity contribution in [1.82, 2.24) is 0 Å². The first-order valence-electron chi connectivity index (χ1n) is 6.16. The summed E-state index contributed by atoms with van der Waals surface area (Å²) in [5, 5.41) is 10.4. The molecule has 0 saturated carbocycles. The first-order valence-corrected chi connectivity index (χ1v) is 6.16. The minimum absolute atomic E-state index is 0.0884. The summed E-state index contributed by atoms with van der Waals surface area (Å²) in [7, 11) is 0. The van der Waals surface area contributed by atoms with Gasteiger partial charge in [-0.05, 0) is 18.8 Å². The minimum Gasteiger partial charge on any atom is -0.392 e. The first-order chi connectivity index (χ1) is 7.20. The van der Waals surface area contributed by atoms with Gasteiger partial charge in [0, 0.05) is 25.2 Å². The summed E-state index contributed by atoms with van der Waals surface area (Å²) >= 11 is 0. The fourth-order valence-electron chi connectivity index (χ4n) is 2.63. The predicted molar refractivity (Wildman–Crippen MR) is 61.6 cm³/mol. The topological polar surface area (TPSA) is 55.5 Å². The van der Waals surface area contributed by atoms with Crippen molar-refractivity contribution in [2.45, 2.75) is 45.6 Å². The zero-order valence-corrected chi connectivity index (χ0v) is 10.0. The quantitative estimate of drug-likeness (QED) is 0.731. The maximum absolute atomic E-state index is 10.4. The fraction of sp³-hybridized carbons (Fsp3) is 1.00. The lowest BCUT2D eigenvalue weighted by atomic mass is 9.70. The van der Waals surface area contributed by atoms with Crippen LogP contribution in [0, 0.1) is 11.3 Å². The molecular formula is C12H25NO2. The Kier molecular flexibility index (Phi) is 5.03. The summed E-state index contributed by atoms with van der Waals surface area (Å²) in [6, 6.07) is 0. The molecule has 90 valence electrons. The molecule has 0 aliphatic carbocycles. The molecule has 0 radical (unpaired) electrons. The molecule has 0 aromatic rings. The maximum Gasteiger partial charge on any atom is 0.0638 e. The van der Waals surface area contributed by atoms with Gasteiger partial charge in [-0.25, -0.2) is 0 Å². The summed E-state index contributed by atoms with van der Waals surface area (Å²) in [5.74, 6) is 0.381. The van der Waals surface area contributed by atoms with Crippen molar-refractivity contribution in [3.63, 3.8) is 0 Å². The van der Waals surface area contributed by atoms with Gasteiger partial charge in [0.2, 0.25) is 0 Å². The minimum atomic E-state index is -0.263. The molecule has 0 bridgehead atoms. The third kappa shape index (κ3) is 2.71. The van der Waals surface area contributed by atoms with Crippen LogP contribution in [0.15, 0.2) is 0 Å². The van der Waals surface area contributed by atoms with E-state index in [1.165, 1.54) is 0 Å². The van der Waals surface area contributed by atoms with Gasteiger partial charge in [0.25, 0.3) is 0 Å². The summed E-state index contributed by atoms with van der Waals surface area (Å²) < 4.78 is 5.36. The molecule has 0 aromatic heterocycles. The van der Waals surface area contributed by atoms with E-state index in [-0.39, 0.29) is 11.5 Å². The average Bonchev–Trinajstić information content (AvgIpc) is 2.31. The molecule has 1 unspecified atom stereocenters. The lowest BCUT2D eigenvalue weighted by Gasteiger charge is -2.43. The van der Waals surface area contributed by atoms with Crippen LogP contribution in [0.3, 0.4) is 0 Å². The van der Waals surface area contributed by atoms with Crippen LogP contribution in [0.2, 0.25) is 0 Å². The van der Waals surface area contributed by atoms with Crippen molar-refractivity contribution in [2.24, 2.45) is 17.1 Å². The molecule has 1 atom stereocenters. The van der Waals surface area contributed by atoms with Gasteiger partial charge in [0.05, 0.1) is 6.10 Å². The van der Waals surface area contributed by atoms with E-state index in [1.807, 2.05) is 0 Å². The van der Waals surface area contributed by atoms with E-state index >= 15 is 0 Å². The van der Waals surface area contributed by atoms with Crippen LogP contribution in [0.25, 0.3) is 0 Å². The van der Waals surface area contributed by atoms with Crippen LogP contribution in [0.1, 0.15) is 39.5 Å². The lowest BCUT2D eigenvalue weighted by molar-refractivity contribution is -0.0813. The second-order valence-electron chi connectivity index (χ2n) is 4.70. The Morgan fingerprint density at radius 3 is 2.20 bits per heavy atom. The van der Waals surface area contributed by atoms with Crippen LogP contribution in [0.4, 0.5) is 0 Å². The molecule has 1 aliphatic rings. The summed E-state index contributed by atoms with van der Waals surface area (Å²) in [6.07, 6.45) is 3.60. The van der Waals surface area contributed by atoms with Gasteiger partial charge in [-0.2, -0.15) is 0 Å². The Balaban J connectivity index is 2.70. The molecule has 1 saturated heterocycles. The third-order valence-corrected chi connectivity index (χ3v) is 4.02. The molecule has 1 heterocycles. The van der Waals surface area contributed by atoms with E-state index in [4.69, 9.17) is 10.5 Å². The number of aliphatic hydroxyl groups is 1. The molecule has 0 amide bonds. The molecule has 0 aromatic carbocycles. The largest absolute Gasteiger partial charge is 0.392 e. The highest BCUT2D eigenvalue weighted by Gasteiger charge is 2.40. The van der Waals surface area contributed by atoms with Crippen molar-refractivity contribution in [2.75, 3.05) is 19.8 Å². The van der Waals surface area contributed by atoms with Gasteiger partial charge >= 0.3 is 0 Å². The molecule has 0 spiro atoms. The first kappa shape index (κ1) is 12.9. The van der Waals surface area contributed by atoms with Gasteiger partial charge in [-0.15, -0.1) is 0 Å². The second-order valence-corrected chi connectivity index (χ2v) is 4.70. The monoisotopic (exact) mass is 215 g/mol. The van der Waals surface area contributed by atoms with E-state index < -0.39 is 0 Å². The highest BCUT2D eigenvalue weighted by atomic mass is 16.5. The third-order valence-electron chi connectivity index (χ3n) is 4.02. The number of ether oxygens (including phenoxy) is 1. The smallest absolute Gasteiger partial charge is 0.0638 e. The number of hydrogen-bond donors (Lipinski definition) is 2. The fourth-order valence-corrected chi connectivity index (χ4v) is 2.63. The number of hydrogen-bond acceptors (Lipinski definition) is 3. The van der Waals surface area contributed by atoms with Crippen LogP contribution in [-0.4, -0.2) is 31.0 Å². The van der Waals surface area contributed by atoms with Crippen molar-refractivity contribution in [3.8, 4) is 0 Å². The maximum atomic E-state index is 10.4. The van der Waals surface area contributed by atoms with E-state index in [0.29, 0.717) is 12.5 Å². The summed E-state index contributed by atoms with van der Waals surface area (Å²) in [5.41, 5.74) is 5.78. The van der Waals surface area contributed by atoms with Crippen LogP contribution >= 0.6 is 0 Å². The molecule has 3 nitrogen and oxygen atoms in total. The molecule has 1 rings (SSSR count). The standard InChI is InChI=1S/C12H25NO2/c1-3-10(4-2)11(14)12(9-13)5-7-15-8-6-12/h10-11,14H,3-9,13H2,1-2H3. The molecular weight excluding hydrogens is 190 g/mol. The normalized spacial score (nSPS) is 23.0. The van der Waals surface area contributed by atoms with Gasteiger partial charge in [0.1, 0.15) is 0 Å². The molecule has 1 fully saturated rings. The number of rotatable bonds is 5. The average molecular weight is 215 g/mol. The number of nitrogens with two attached hydrogens (primary N) is 1. The zero-order valence-electron chi connectivity index (χ0n) is 10.0. The Morgan fingerprint density at radius 1 is 1.27 bits per heavy atom. The van der Waals surface area contributed by atoms with Gasteiger partial charge in [-0.1, -0.05) is 26.7 Å². The molecule has 1 aliphatic heterocycles. The van der Waals surface area contributed by atoms with Gasteiger partial charge in [-0.3, -0.25) is 0 Å². The lowest BCUT2D eigenvalue weighted by Crippen LogP contribution is -2.49. The SMILES string of the molecule is CCC(CC)C(O)C1(CN)CCOCC1. The van der Waals surface area contributed by atoms with Crippen LogP contribution in [0.5, 0.6) is 0 Å². The summed E-state index contributed by atoms with van der Waals surface area (Å²) in [4.78, 5) is 0. The Morgan fingerprint density at radius 2 is 1.80 bits per heavy atom. The Labute approximate surface area is 93.0 Å². The van der Waals surface area contributed by atoms with Crippen molar-refractivity contribution >= 4 is 0 Å². The number of aliphatic hydroxyl groups excluding tert-OH is 1. The van der Waals surface area contributed by atoms with Crippen LogP contribution in [-0.2, 0) is 4.74 Å². The molecule has 3 N–H and O–H groups in total. The predicted octanol–water partition coefficient (Wildman–Crippen LogP) is 1.54. The highest BCUT2D eigenvalue weighted by molar-refractivity contribution is 4.92. The van der Waals surface area contributed by atoms with E-state index in [1.54, 1.807) is 0 Å². The van der Waals surface area contributed by atoms with E-state index in [9.17, 15) is 5.11 Å². The van der Waals surface area contributed by atoms with E-state index in [0.717, 1.165) is 38.9 Å². The Bertz CT molecular complexity index is 174. The summed E-state index contributed by atoms with van der Waals surface area (Å²) in [6.45, 7) is 6.35. The van der Waals surface area contributed by atoms with Crippen LogP contribution < -0.4 is 5.73 Å².